The third-order valence-corrected chi connectivity index (χ3v) is 4.27. The van der Waals surface area contributed by atoms with Crippen LogP contribution in [-0.4, -0.2) is 29.9 Å². The third-order valence-electron chi connectivity index (χ3n) is 3.83. The molecule has 2 rings (SSSR count). The third kappa shape index (κ3) is 2.43. The van der Waals surface area contributed by atoms with E-state index in [9.17, 15) is 0 Å². The lowest BCUT2D eigenvalue weighted by molar-refractivity contribution is 0.0989. The van der Waals surface area contributed by atoms with Crippen LogP contribution in [0.4, 0.5) is 0 Å². The van der Waals surface area contributed by atoms with Crippen LogP contribution in [0.25, 0.3) is 0 Å². The van der Waals surface area contributed by atoms with Crippen LogP contribution in [0, 0.1) is 11.8 Å². The molecule has 0 bridgehead atoms. The van der Waals surface area contributed by atoms with Gasteiger partial charge < -0.3 is 0 Å². The van der Waals surface area contributed by atoms with Gasteiger partial charge in [0.25, 0.3) is 0 Å². The van der Waals surface area contributed by atoms with E-state index in [1.54, 1.807) is 0 Å². The van der Waals surface area contributed by atoms with Crippen LogP contribution in [0.1, 0.15) is 39.0 Å². The van der Waals surface area contributed by atoms with Gasteiger partial charge in [0.2, 0.25) is 0 Å². The predicted octanol–water partition coefficient (Wildman–Crippen LogP) is 3.13. The van der Waals surface area contributed by atoms with Crippen LogP contribution in [0.3, 0.4) is 0 Å². The number of hydrogen-bond acceptors (Lipinski definition) is 1. The minimum Gasteiger partial charge on any atom is -0.300 e. The Morgan fingerprint density at radius 3 is 2.57 bits per heavy atom. The Morgan fingerprint density at radius 1 is 1.21 bits per heavy atom. The fraction of sp³-hybridized carbons (Fsp3) is 1.00. The van der Waals surface area contributed by atoms with E-state index in [0.29, 0.717) is 0 Å². The molecular formula is C12H22ClN. The maximum atomic E-state index is 5.99. The second-order valence-electron chi connectivity index (χ2n) is 5.25. The van der Waals surface area contributed by atoms with Crippen molar-refractivity contribution in [2.24, 2.45) is 11.8 Å². The molecule has 0 amide bonds. The first kappa shape index (κ1) is 10.8. The molecule has 0 radical (unpaired) electrons. The lowest BCUT2D eigenvalue weighted by Gasteiger charge is -2.39. The van der Waals surface area contributed by atoms with Gasteiger partial charge >= 0.3 is 0 Å². The van der Waals surface area contributed by atoms with Gasteiger partial charge in [0.1, 0.15) is 0 Å². The molecular weight excluding hydrogens is 194 g/mol. The van der Waals surface area contributed by atoms with Gasteiger partial charge in [-0.15, -0.1) is 11.6 Å². The van der Waals surface area contributed by atoms with Gasteiger partial charge in [-0.2, -0.15) is 0 Å². The van der Waals surface area contributed by atoms with Gasteiger partial charge in [-0.1, -0.05) is 19.8 Å². The zero-order valence-electron chi connectivity index (χ0n) is 9.21. The van der Waals surface area contributed by atoms with Crippen LogP contribution in [-0.2, 0) is 0 Å². The predicted molar refractivity (Wildman–Crippen MR) is 61.8 cm³/mol. The summed E-state index contributed by atoms with van der Waals surface area (Å²) >= 11 is 5.99. The van der Waals surface area contributed by atoms with Crippen molar-refractivity contribution in [2.75, 3.05) is 19.0 Å². The summed E-state index contributed by atoms with van der Waals surface area (Å²) in [7, 11) is 0. The van der Waals surface area contributed by atoms with E-state index in [1.807, 2.05) is 0 Å². The number of piperidine rings is 1. The molecule has 82 valence electrons. The lowest BCUT2D eigenvalue weighted by Crippen LogP contribution is -2.45. The highest BCUT2D eigenvalue weighted by molar-refractivity contribution is 6.18. The summed E-state index contributed by atoms with van der Waals surface area (Å²) in [4.78, 5) is 2.72. The Hall–Kier alpha value is 0.250. The van der Waals surface area contributed by atoms with E-state index in [1.165, 1.54) is 45.2 Å². The smallest absolute Gasteiger partial charge is 0.0264 e. The summed E-state index contributed by atoms with van der Waals surface area (Å²) in [6.45, 7) is 4.96. The summed E-state index contributed by atoms with van der Waals surface area (Å²) in [5.74, 6) is 2.46. The van der Waals surface area contributed by atoms with Crippen molar-refractivity contribution < 1.29 is 0 Å². The molecule has 1 saturated carbocycles. The topological polar surface area (TPSA) is 3.24 Å². The Labute approximate surface area is 92.8 Å². The standard InChI is InChI=1S/C12H22ClN/c1-10-6-11(7-13)9-14(8-10)12-4-2-3-5-12/h10-12H,2-9H2,1H3. The maximum Gasteiger partial charge on any atom is 0.0264 e. The first-order chi connectivity index (χ1) is 6.79. The minimum atomic E-state index is 0.751. The van der Waals surface area contributed by atoms with Crippen LogP contribution in [0.5, 0.6) is 0 Å². The van der Waals surface area contributed by atoms with Crippen molar-refractivity contribution in [3.63, 3.8) is 0 Å². The molecule has 1 heterocycles. The number of halogens is 1. The molecule has 0 aromatic rings. The second-order valence-corrected chi connectivity index (χ2v) is 5.56. The molecule has 2 aliphatic rings. The monoisotopic (exact) mass is 215 g/mol. The molecule has 2 unspecified atom stereocenters. The van der Waals surface area contributed by atoms with Crippen LogP contribution >= 0.6 is 11.6 Å². The highest BCUT2D eigenvalue weighted by Crippen LogP contribution is 2.30. The lowest BCUT2D eigenvalue weighted by atomic mass is 9.90. The first-order valence-corrected chi connectivity index (χ1v) is 6.63. The van der Waals surface area contributed by atoms with Crippen molar-refractivity contribution in [1.29, 1.82) is 0 Å². The summed E-state index contributed by atoms with van der Waals surface area (Å²) < 4.78 is 0. The number of likely N-dealkylation sites (tertiary alicyclic amines) is 1. The molecule has 14 heavy (non-hydrogen) atoms. The van der Waals surface area contributed by atoms with Gasteiger partial charge in [0.15, 0.2) is 0 Å². The van der Waals surface area contributed by atoms with E-state index in [0.717, 1.165) is 23.8 Å². The first-order valence-electron chi connectivity index (χ1n) is 6.09. The SMILES string of the molecule is CC1CC(CCl)CN(C2CCCC2)C1. The fourth-order valence-electron chi connectivity index (χ4n) is 3.20. The normalized spacial score (nSPS) is 36.4. The van der Waals surface area contributed by atoms with E-state index in [-0.39, 0.29) is 0 Å². The average molecular weight is 216 g/mol. The van der Waals surface area contributed by atoms with Gasteiger partial charge in [-0.3, -0.25) is 4.90 Å². The molecule has 0 aromatic heterocycles. The molecule has 0 spiro atoms. The molecule has 1 saturated heterocycles. The molecule has 1 aliphatic carbocycles. The summed E-state index contributed by atoms with van der Waals surface area (Å²) in [6.07, 6.45) is 7.10. The molecule has 0 aromatic carbocycles. The molecule has 2 fully saturated rings. The summed E-state index contributed by atoms with van der Waals surface area (Å²) in [5.41, 5.74) is 0. The highest BCUT2D eigenvalue weighted by Gasteiger charge is 2.30. The van der Waals surface area contributed by atoms with E-state index in [2.05, 4.69) is 11.8 Å². The molecule has 1 nitrogen and oxygen atoms in total. The van der Waals surface area contributed by atoms with Crippen LogP contribution in [0.2, 0.25) is 0 Å². The van der Waals surface area contributed by atoms with Crippen LogP contribution < -0.4 is 0 Å². The zero-order chi connectivity index (χ0) is 9.97. The number of hydrogen-bond donors (Lipinski definition) is 0. The molecule has 0 N–H and O–H groups in total. The van der Waals surface area contributed by atoms with Crippen LogP contribution in [0.15, 0.2) is 0 Å². The molecule has 1 aliphatic heterocycles. The maximum absolute atomic E-state index is 5.99. The van der Waals surface area contributed by atoms with Crippen molar-refractivity contribution in [3.05, 3.63) is 0 Å². The Balaban J connectivity index is 1.90. The summed E-state index contributed by atoms with van der Waals surface area (Å²) in [5, 5.41) is 0. The fourth-order valence-corrected chi connectivity index (χ4v) is 3.43. The van der Waals surface area contributed by atoms with Gasteiger partial charge in [0.05, 0.1) is 0 Å². The van der Waals surface area contributed by atoms with E-state index >= 15 is 0 Å². The Morgan fingerprint density at radius 2 is 1.93 bits per heavy atom. The highest BCUT2D eigenvalue weighted by atomic mass is 35.5. The minimum absolute atomic E-state index is 0.751. The van der Waals surface area contributed by atoms with Gasteiger partial charge in [-0.25, -0.2) is 0 Å². The molecule has 2 atom stereocenters. The number of nitrogens with zero attached hydrogens (tertiary/aromatic N) is 1. The number of alkyl halides is 1. The molecule has 2 heteroatoms. The average Bonchev–Trinajstić information content (AvgIpc) is 2.69. The summed E-state index contributed by atoms with van der Waals surface area (Å²) in [6, 6.07) is 0.892. The second kappa shape index (κ2) is 4.85. The van der Waals surface area contributed by atoms with Crippen molar-refractivity contribution in [2.45, 2.75) is 45.1 Å². The van der Waals surface area contributed by atoms with Crippen molar-refractivity contribution >= 4 is 11.6 Å². The Bertz CT molecular complexity index is 177. The zero-order valence-corrected chi connectivity index (χ0v) is 9.97. The largest absolute Gasteiger partial charge is 0.300 e. The number of rotatable bonds is 2. The quantitative estimate of drug-likeness (QED) is 0.640. The van der Waals surface area contributed by atoms with Crippen molar-refractivity contribution in [3.8, 4) is 0 Å². The van der Waals surface area contributed by atoms with Gasteiger partial charge in [0, 0.05) is 25.0 Å². The van der Waals surface area contributed by atoms with Crippen molar-refractivity contribution in [1.82, 2.24) is 4.90 Å². The van der Waals surface area contributed by atoms with Gasteiger partial charge in [-0.05, 0) is 31.1 Å². The Kier molecular flexibility index (Phi) is 3.73. The van der Waals surface area contributed by atoms with E-state index in [4.69, 9.17) is 11.6 Å². The van der Waals surface area contributed by atoms with E-state index < -0.39 is 0 Å².